The van der Waals surface area contributed by atoms with Gasteiger partial charge in [-0.2, -0.15) is 0 Å². The van der Waals surface area contributed by atoms with Gasteiger partial charge in [0.15, 0.2) is 0 Å². The Bertz CT molecular complexity index is 456. The van der Waals surface area contributed by atoms with Crippen molar-refractivity contribution in [3.8, 4) is 0 Å². The monoisotopic (exact) mass is 215 g/mol. The standard InChI is InChI=1S/C13H17N3/c1-9(2)12-14-7-11-10(16-12)5-6-13(3,4)8-15-11/h5-9H,1-4H3. The largest absolute Gasteiger partial charge is 0.256 e. The zero-order valence-corrected chi connectivity index (χ0v) is 10.2. The molecule has 16 heavy (non-hydrogen) atoms. The highest BCUT2D eigenvalue weighted by molar-refractivity contribution is 5.78. The molecule has 0 saturated heterocycles. The van der Waals surface area contributed by atoms with Crippen molar-refractivity contribution in [1.29, 1.82) is 0 Å². The molecule has 1 aromatic heterocycles. The van der Waals surface area contributed by atoms with Gasteiger partial charge in [0.1, 0.15) is 11.5 Å². The Labute approximate surface area is 96.4 Å². The molecule has 0 atom stereocenters. The summed E-state index contributed by atoms with van der Waals surface area (Å²) in [6.45, 7) is 8.43. The van der Waals surface area contributed by atoms with Gasteiger partial charge in [-0.15, -0.1) is 0 Å². The Balaban J connectivity index is 2.48. The highest BCUT2D eigenvalue weighted by atomic mass is 14.9. The first-order valence-electron chi connectivity index (χ1n) is 5.59. The fourth-order valence-corrected chi connectivity index (χ4v) is 1.48. The molecule has 3 heteroatoms. The first-order chi connectivity index (χ1) is 7.48. The second-order valence-electron chi connectivity index (χ2n) is 5.07. The second-order valence-corrected chi connectivity index (χ2v) is 5.07. The van der Waals surface area contributed by atoms with Crippen LogP contribution in [0.25, 0.3) is 6.08 Å². The van der Waals surface area contributed by atoms with Crippen LogP contribution < -0.4 is 0 Å². The van der Waals surface area contributed by atoms with Gasteiger partial charge >= 0.3 is 0 Å². The summed E-state index contributed by atoms with van der Waals surface area (Å²) in [5.74, 6) is 1.22. The van der Waals surface area contributed by atoms with Crippen molar-refractivity contribution in [2.24, 2.45) is 10.4 Å². The normalized spacial score (nSPS) is 17.3. The van der Waals surface area contributed by atoms with Crippen molar-refractivity contribution in [2.45, 2.75) is 33.6 Å². The molecule has 0 fully saturated rings. The Hall–Kier alpha value is -1.51. The number of nitrogens with zero attached hydrogens (tertiary/aromatic N) is 3. The Kier molecular flexibility index (Phi) is 2.62. The van der Waals surface area contributed by atoms with Crippen molar-refractivity contribution in [1.82, 2.24) is 9.97 Å². The van der Waals surface area contributed by atoms with E-state index in [4.69, 9.17) is 0 Å². The lowest BCUT2D eigenvalue weighted by atomic mass is 9.95. The zero-order valence-electron chi connectivity index (χ0n) is 10.2. The van der Waals surface area contributed by atoms with Crippen LogP contribution in [0.4, 0.5) is 5.69 Å². The quantitative estimate of drug-likeness (QED) is 0.720. The van der Waals surface area contributed by atoms with Gasteiger partial charge in [-0.3, -0.25) is 4.99 Å². The maximum Gasteiger partial charge on any atom is 0.131 e. The summed E-state index contributed by atoms with van der Waals surface area (Å²) in [6.07, 6.45) is 7.91. The fourth-order valence-electron chi connectivity index (χ4n) is 1.48. The van der Waals surface area contributed by atoms with E-state index in [0.717, 1.165) is 17.2 Å². The molecule has 2 heterocycles. The van der Waals surface area contributed by atoms with Crippen LogP contribution in [0.5, 0.6) is 0 Å². The number of hydrogen-bond acceptors (Lipinski definition) is 3. The minimum absolute atomic E-state index is 0.0152. The van der Waals surface area contributed by atoms with E-state index in [1.807, 2.05) is 12.3 Å². The van der Waals surface area contributed by atoms with Crippen LogP contribution in [0.2, 0.25) is 0 Å². The fraction of sp³-hybridized carbons (Fsp3) is 0.462. The number of fused-ring (bicyclic) bond motifs is 1. The minimum Gasteiger partial charge on any atom is -0.256 e. The third-order valence-electron chi connectivity index (χ3n) is 2.54. The molecule has 84 valence electrons. The molecule has 0 N–H and O–H groups in total. The summed E-state index contributed by atoms with van der Waals surface area (Å²) in [7, 11) is 0. The number of aromatic nitrogens is 2. The smallest absolute Gasteiger partial charge is 0.131 e. The number of allylic oxidation sites excluding steroid dienone is 1. The first-order valence-corrected chi connectivity index (χ1v) is 5.59. The third kappa shape index (κ3) is 2.18. The summed E-state index contributed by atoms with van der Waals surface area (Å²) in [5.41, 5.74) is 1.75. The van der Waals surface area contributed by atoms with Crippen LogP contribution in [0, 0.1) is 5.41 Å². The lowest BCUT2D eigenvalue weighted by Crippen LogP contribution is -2.07. The van der Waals surface area contributed by atoms with E-state index < -0.39 is 0 Å². The van der Waals surface area contributed by atoms with Gasteiger partial charge < -0.3 is 0 Å². The zero-order chi connectivity index (χ0) is 11.8. The van der Waals surface area contributed by atoms with Crippen molar-refractivity contribution >= 4 is 18.0 Å². The molecule has 0 radical (unpaired) electrons. The average Bonchev–Trinajstić information content (AvgIpc) is 2.38. The maximum atomic E-state index is 4.53. The molecule has 0 unspecified atom stereocenters. The molecule has 3 nitrogen and oxygen atoms in total. The second kappa shape index (κ2) is 3.81. The highest BCUT2D eigenvalue weighted by Crippen LogP contribution is 2.27. The van der Waals surface area contributed by atoms with Gasteiger partial charge in [0.25, 0.3) is 0 Å². The third-order valence-corrected chi connectivity index (χ3v) is 2.54. The molecule has 0 aliphatic carbocycles. The van der Waals surface area contributed by atoms with E-state index in [1.54, 1.807) is 6.20 Å². The van der Waals surface area contributed by atoms with E-state index in [1.165, 1.54) is 0 Å². The number of rotatable bonds is 1. The molecule has 1 aliphatic rings. The summed E-state index contributed by atoms with van der Waals surface area (Å²) in [6, 6.07) is 0. The van der Waals surface area contributed by atoms with Crippen LogP contribution in [-0.2, 0) is 0 Å². The molecular formula is C13H17N3. The van der Waals surface area contributed by atoms with E-state index in [9.17, 15) is 0 Å². The van der Waals surface area contributed by atoms with Crippen LogP contribution in [0.3, 0.4) is 0 Å². The SMILES string of the molecule is CC(C)c1ncc2c(n1)C=CC(C)(C)C=N2. The summed E-state index contributed by atoms with van der Waals surface area (Å²) in [5, 5.41) is 0. The van der Waals surface area contributed by atoms with Crippen LogP contribution in [-0.4, -0.2) is 16.2 Å². The predicted molar refractivity (Wildman–Crippen MR) is 67.1 cm³/mol. The van der Waals surface area contributed by atoms with Crippen LogP contribution >= 0.6 is 0 Å². The number of aliphatic imine (C=N–C) groups is 1. The van der Waals surface area contributed by atoms with E-state index >= 15 is 0 Å². The van der Waals surface area contributed by atoms with Crippen molar-refractivity contribution < 1.29 is 0 Å². The van der Waals surface area contributed by atoms with E-state index in [2.05, 4.69) is 48.7 Å². The Morgan fingerprint density at radius 2 is 2.00 bits per heavy atom. The summed E-state index contributed by atoms with van der Waals surface area (Å²) < 4.78 is 0. The van der Waals surface area contributed by atoms with Gasteiger partial charge in [0.05, 0.1) is 11.9 Å². The highest BCUT2D eigenvalue weighted by Gasteiger charge is 2.15. The van der Waals surface area contributed by atoms with Crippen LogP contribution in [0.15, 0.2) is 17.3 Å². The van der Waals surface area contributed by atoms with Gasteiger partial charge in [-0.1, -0.05) is 33.8 Å². The molecule has 0 saturated carbocycles. The maximum absolute atomic E-state index is 4.53. The lowest BCUT2D eigenvalue weighted by molar-refractivity contribution is 0.699. The summed E-state index contributed by atoms with van der Waals surface area (Å²) >= 11 is 0. The van der Waals surface area contributed by atoms with E-state index in [-0.39, 0.29) is 5.41 Å². The molecule has 0 bridgehead atoms. The first kappa shape index (κ1) is 11.0. The van der Waals surface area contributed by atoms with Crippen molar-refractivity contribution in [2.75, 3.05) is 0 Å². The number of hydrogen-bond donors (Lipinski definition) is 0. The van der Waals surface area contributed by atoms with Crippen molar-refractivity contribution in [3.05, 3.63) is 23.8 Å². The molecule has 0 aromatic carbocycles. The summed E-state index contributed by atoms with van der Waals surface area (Å²) in [4.78, 5) is 13.3. The molecule has 0 spiro atoms. The molecule has 0 amide bonds. The Morgan fingerprint density at radius 3 is 2.69 bits per heavy atom. The van der Waals surface area contributed by atoms with Gasteiger partial charge in [-0.25, -0.2) is 9.97 Å². The van der Waals surface area contributed by atoms with Crippen molar-refractivity contribution in [3.63, 3.8) is 0 Å². The van der Waals surface area contributed by atoms with Gasteiger partial charge in [0.2, 0.25) is 0 Å². The molecule has 2 rings (SSSR count). The molecule has 1 aromatic rings. The topological polar surface area (TPSA) is 38.1 Å². The predicted octanol–water partition coefficient (Wildman–Crippen LogP) is 3.36. The average molecular weight is 215 g/mol. The van der Waals surface area contributed by atoms with Crippen LogP contribution in [0.1, 0.15) is 45.1 Å². The van der Waals surface area contributed by atoms with E-state index in [0.29, 0.717) is 5.92 Å². The molecule has 1 aliphatic heterocycles. The Morgan fingerprint density at radius 1 is 1.25 bits per heavy atom. The molecular weight excluding hydrogens is 198 g/mol. The van der Waals surface area contributed by atoms with Gasteiger partial charge in [0, 0.05) is 17.5 Å². The lowest BCUT2D eigenvalue weighted by Gasteiger charge is -2.10. The van der Waals surface area contributed by atoms with Gasteiger partial charge in [-0.05, 0) is 6.08 Å². The minimum atomic E-state index is -0.0152.